The van der Waals surface area contributed by atoms with Crippen LogP contribution in [0.4, 0.5) is 0 Å². The molecule has 0 amide bonds. The van der Waals surface area contributed by atoms with Crippen molar-refractivity contribution in [3.8, 4) is 0 Å². The summed E-state index contributed by atoms with van der Waals surface area (Å²) in [5.74, 6) is 0. The van der Waals surface area contributed by atoms with E-state index in [1.807, 2.05) is 24.7 Å². The zero-order valence-electron chi connectivity index (χ0n) is 9.94. The average Bonchev–Trinajstić information content (AvgIpc) is 2.65. The number of aliphatic hydroxyl groups is 1. The van der Waals surface area contributed by atoms with Crippen LogP contribution in [0.3, 0.4) is 0 Å². The molecule has 1 atom stereocenters. The summed E-state index contributed by atoms with van der Waals surface area (Å²) >= 11 is 0. The van der Waals surface area contributed by atoms with Gasteiger partial charge in [-0.3, -0.25) is 4.68 Å². The Labute approximate surface area is 91.1 Å². The Morgan fingerprint density at radius 2 is 2.13 bits per heavy atom. The van der Waals surface area contributed by atoms with Crippen molar-refractivity contribution in [1.29, 1.82) is 0 Å². The predicted octanol–water partition coefficient (Wildman–Crippen LogP) is 1.48. The van der Waals surface area contributed by atoms with Gasteiger partial charge in [0.05, 0.1) is 12.3 Å². The molecule has 1 rings (SSSR count). The van der Waals surface area contributed by atoms with Gasteiger partial charge >= 0.3 is 0 Å². The first kappa shape index (κ1) is 12.2. The maximum atomic E-state index is 10.1. The van der Waals surface area contributed by atoms with Gasteiger partial charge in [-0.25, -0.2) is 0 Å². The second kappa shape index (κ2) is 4.33. The lowest BCUT2D eigenvalue weighted by Crippen LogP contribution is -2.30. The number of nitrogens with two attached hydrogens (primary N) is 1. The van der Waals surface area contributed by atoms with Gasteiger partial charge in [-0.05, 0) is 13.8 Å². The van der Waals surface area contributed by atoms with Crippen LogP contribution >= 0.6 is 0 Å². The lowest BCUT2D eigenvalue weighted by molar-refractivity contribution is 0.0554. The summed E-state index contributed by atoms with van der Waals surface area (Å²) in [6.07, 6.45) is 3.03. The van der Waals surface area contributed by atoms with Crippen molar-refractivity contribution in [3.05, 3.63) is 18.0 Å². The maximum absolute atomic E-state index is 10.1. The van der Waals surface area contributed by atoms with E-state index < -0.39 is 6.10 Å². The van der Waals surface area contributed by atoms with Crippen LogP contribution in [0, 0.1) is 5.41 Å². The molecule has 0 bridgehead atoms. The highest BCUT2D eigenvalue weighted by Gasteiger charge is 2.28. The first-order chi connectivity index (χ1) is 6.88. The largest absolute Gasteiger partial charge is 0.388 e. The van der Waals surface area contributed by atoms with E-state index in [0.717, 1.165) is 5.56 Å². The van der Waals surface area contributed by atoms with E-state index in [1.54, 1.807) is 6.20 Å². The van der Waals surface area contributed by atoms with E-state index in [2.05, 4.69) is 18.9 Å². The third-order valence-corrected chi connectivity index (χ3v) is 2.73. The molecule has 0 aliphatic heterocycles. The van der Waals surface area contributed by atoms with Crippen LogP contribution in [0.5, 0.6) is 0 Å². The maximum Gasteiger partial charge on any atom is 0.0883 e. The minimum Gasteiger partial charge on any atom is -0.388 e. The molecule has 3 N–H and O–H groups in total. The molecule has 0 saturated heterocycles. The van der Waals surface area contributed by atoms with Crippen molar-refractivity contribution < 1.29 is 5.11 Å². The van der Waals surface area contributed by atoms with E-state index in [9.17, 15) is 5.11 Å². The van der Waals surface area contributed by atoms with Crippen LogP contribution in [-0.2, 0) is 0 Å². The number of hydrogen-bond donors (Lipinski definition) is 2. The second-order valence-corrected chi connectivity index (χ2v) is 4.94. The third-order valence-electron chi connectivity index (χ3n) is 2.73. The van der Waals surface area contributed by atoms with Crippen LogP contribution < -0.4 is 5.73 Å². The molecular formula is C11H21N3O. The fraction of sp³-hybridized carbons (Fsp3) is 0.727. The highest BCUT2D eigenvalue weighted by molar-refractivity contribution is 5.11. The fourth-order valence-corrected chi connectivity index (χ4v) is 1.34. The highest BCUT2D eigenvalue weighted by Crippen LogP contribution is 2.31. The van der Waals surface area contributed by atoms with Gasteiger partial charge in [-0.1, -0.05) is 13.8 Å². The number of rotatable bonds is 4. The average molecular weight is 211 g/mol. The van der Waals surface area contributed by atoms with E-state index in [0.29, 0.717) is 12.6 Å². The number of nitrogens with zero attached hydrogens (tertiary/aromatic N) is 2. The molecule has 0 aromatic carbocycles. The van der Waals surface area contributed by atoms with Gasteiger partial charge < -0.3 is 10.8 Å². The quantitative estimate of drug-likeness (QED) is 0.793. The molecule has 0 radical (unpaired) electrons. The van der Waals surface area contributed by atoms with E-state index in [-0.39, 0.29) is 5.41 Å². The molecular weight excluding hydrogens is 190 g/mol. The Bertz CT molecular complexity index is 317. The summed E-state index contributed by atoms with van der Waals surface area (Å²) in [6.45, 7) is 8.45. The molecule has 4 nitrogen and oxygen atoms in total. The zero-order valence-corrected chi connectivity index (χ0v) is 9.94. The van der Waals surface area contributed by atoms with Gasteiger partial charge in [0.15, 0.2) is 0 Å². The molecule has 15 heavy (non-hydrogen) atoms. The molecule has 1 aromatic rings. The number of aromatic nitrogens is 2. The lowest BCUT2D eigenvalue weighted by Gasteiger charge is -2.28. The van der Waals surface area contributed by atoms with Gasteiger partial charge in [0.1, 0.15) is 0 Å². The number of hydrogen-bond acceptors (Lipinski definition) is 3. The van der Waals surface area contributed by atoms with Crippen LogP contribution in [0.2, 0.25) is 0 Å². The molecule has 0 saturated carbocycles. The highest BCUT2D eigenvalue weighted by atomic mass is 16.3. The lowest BCUT2D eigenvalue weighted by atomic mass is 9.84. The van der Waals surface area contributed by atoms with Crippen molar-refractivity contribution >= 4 is 0 Å². The van der Waals surface area contributed by atoms with Crippen LogP contribution in [-0.4, -0.2) is 21.4 Å². The van der Waals surface area contributed by atoms with E-state index in [4.69, 9.17) is 5.73 Å². The Kier molecular flexibility index (Phi) is 3.52. The van der Waals surface area contributed by atoms with Crippen molar-refractivity contribution in [2.24, 2.45) is 11.1 Å². The standard InChI is InChI=1S/C11H21N3O/c1-8(2)14-6-9(5-13-14)10(15)11(3,4)7-12/h5-6,8,10,15H,7,12H2,1-4H3. The molecule has 1 aromatic heterocycles. The predicted molar refractivity (Wildman–Crippen MR) is 60.4 cm³/mol. The summed E-state index contributed by atoms with van der Waals surface area (Å²) in [7, 11) is 0. The molecule has 0 aliphatic rings. The molecule has 0 aliphatic carbocycles. The topological polar surface area (TPSA) is 64.1 Å². The summed E-state index contributed by atoms with van der Waals surface area (Å²) in [5, 5.41) is 14.3. The fourth-order valence-electron chi connectivity index (χ4n) is 1.34. The van der Waals surface area contributed by atoms with Gasteiger partial charge in [0.2, 0.25) is 0 Å². The smallest absolute Gasteiger partial charge is 0.0883 e. The van der Waals surface area contributed by atoms with E-state index >= 15 is 0 Å². The summed E-state index contributed by atoms with van der Waals surface area (Å²) in [6, 6.07) is 0.312. The minimum absolute atomic E-state index is 0.312. The van der Waals surface area contributed by atoms with Crippen molar-refractivity contribution in [2.45, 2.75) is 39.8 Å². The summed E-state index contributed by atoms with van der Waals surface area (Å²) in [4.78, 5) is 0. The van der Waals surface area contributed by atoms with Gasteiger partial charge in [-0.2, -0.15) is 5.10 Å². The SMILES string of the molecule is CC(C)n1cc(C(O)C(C)(C)CN)cn1. The van der Waals surface area contributed by atoms with Crippen molar-refractivity contribution in [1.82, 2.24) is 9.78 Å². The van der Waals surface area contributed by atoms with E-state index in [1.165, 1.54) is 0 Å². The Hall–Kier alpha value is -0.870. The Morgan fingerprint density at radius 3 is 2.53 bits per heavy atom. The molecule has 1 heterocycles. The van der Waals surface area contributed by atoms with Gasteiger partial charge in [-0.15, -0.1) is 0 Å². The molecule has 86 valence electrons. The molecule has 0 fully saturated rings. The van der Waals surface area contributed by atoms with Crippen LogP contribution in [0.1, 0.15) is 45.4 Å². The monoisotopic (exact) mass is 211 g/mol. The molecule has 1 unspecified atom stereocenters. The Balaban J connectivity index is 2.87. The second-order valence-electron chi connectivity index (χ2n) is 4.94. The zero-order chi connectivity index (χ0) is 11.6. The first-order valence-corrected chi connectivity index (χ1v) is 5.30. The number of aliphatic hydroxyl groups excluding tert-OH is 1. The minimum atomic E-state index is -0.560. The van der Waals surface area contributed by atoms with Crippen molar-refractivity contribution in [3.63, 3.8) is 0 Å². The van der Waals surface area contributed by atoms with Gasteiger partial charge in [0.25, 0.3) is 0 Å². The summed E-state index contributed by atoms with van der Waals surface area (Å²) < 4.78 is 1.84. The first-order valence-electron chi connectivity index (χ1n) is 5.30. The Morgan fingerprint density at radius 1 is 1.53 bits per heavy atom. The van der Waals surface area contributed by atoms with Gasteiger partial charge in [0, 0.05) is 29.8 Å². The normalized spacial score (nSPS) is 14.6. The summed E-state index contributed by atoms with van der Waals surface area (Å²) in [5.41, 5.74) is 6.14. The van der Waals surface area contributed by atoms with Crippen LogP contribution in [0.15, 0.2) is 12.4 Å². The molecule has 4 heteroatoms. The van der Waals surface area contributed by atoms with Crippen LogP contribution in [0.25, 0.3) is 0 Å². The molecule has 0 spiro atoms. The van der Waals surface area contributed by atoms with Crippen molar-refractivity contribution in [2.75, 3.05) is 6.54 Å². The third kappa shape index (κ3) is 2.58.